The van der Waals surface area contributed by atoms with Crippen molar-refractivity contribution in [1.82, 2.24) is 0 Å². The highest BCUT2D eigenvalue weighted by Crippen LogP contribution is 2.25. The Kier molecular flexibility index (Phi) is 1.77. The van der Waals surface area contributed by atoms with Gasteiger partial charge in [0.15, 0.2) is 5.69 Å². The first-order valence-electron chi connectivity index (χ1n) is 3.85. The molecule has 1 aromatic rings. The zero-order chi connectivity index (χ0) is 10.1. The molecular weight excluding hydrogens is 188 g/mol. The van der Waals surface area contributed by atoms with Gasteiger partial charge in [-0.1, -0.05) is 0 Å². The average molecular weight is 194 g/mol. The minimum atomic E-state index is -0.495. The summed E-state index contributed by atoms with van der Waals surface area (Å²) >= 11 is 0. The van der Waals surface area contributed by atoms with Gasteiger partial charge < -0.3 is 5.21 Å². The van der Waals surface area contributed by atoms with Crippen molar-refractivity contribution in [3.8, 4) is 0 Å². The van der Waals surface area contributed by atoms with Gasteiger partial charge in [0.25, 0.3) is 5.69 Å². The van der Waals surface area contributed by atoms with Crippen LogP contribution in [-0.4, -0.2) is 9.78 Å². The first-order valence-corrected chi connectivity index (χ1v) is 3.85. The van der Waals surface area contributed by atoms with Gasteiger partial charge in [-0.25, -0.2) is 0 Å². The zero-order valence-corrected chi connectivity index (χ0v) is 7.01. The van der Waals surface area contributed by atoms with Crippen molar-refractivity contribution in [2.24, 2.45) is 5.22 Å². The van der Waals surface area contributed by atoms with E-state index in [4.69, 9.17) is 0 Å². The molecule has 0 amide bonds. The third-order valence-electron chi connectivity index (χ3n) is 1.89. The van der Waals surface area contributed by atoms with E-state index in [1.807, 2.05) is 0 Å². The fourth-order valence-corrected chi connectivity index (χ4v) is 1.21. The molecule has 0 saturated heterocycles. The van der Waals surface area contributed by atoms with Crippen LogP contribution in [0.15, 0.2) is 23.4 Å². The number of nitro groups is 1. The number of rotatable bonds is 1. The van der Waals surface area contributed by atoms with E-state index in [9.17, 15) is 15.3 Å². The summed E-state index contributed by atoms with van der Waals surface area (Å²) in [5.74, 6) is 0. The standard InChI is InChI=1S/C7H6N4O3/c12-10-4-5-1-2-6(11(13)14)3-7(5)8-9-10/h1-3,8H,4H2. The Morgan fingerprint density at radius 1 is 1.57 bits per heavy atom. The van der Waals surface area contributed by atoms with Crippen molar-refractivity contribution in [2.75, 3.05) is 5.43 Å². The van der Waals surface area contributed by atoms with Gasteiger partial charge in [-0.2, -0.15) is 4.86 Å². The summed E-state index contributed by atoms with van der Waals surface area (Å²) in [4.78, 5) is 10.4. The second-order valence-electron chi connectivity index (χ2n) is 2.82. The number of nitrogens with one attached hydrogen (secondary N) is 1. The molecule has 0 bridgehead atoms. The van der Waals surface area contributed by atoms with Crippen molar-refractivity contribution in [2.45, 2.75) is 6.54 Å². The molecule has 1 aliphatic heterocycles. The molecule has 0 spiro atoms. The van der Waals surface area contributed by atoms with Crippen LogP contribution in [-0.2, 0) is 6.54 Å². The number of nitro benzene ring substituents is 1. The fraction of sp³-hybridized carbons (Fsp3) is 0.143. The Morgan fingerprint density at radius 2 is 2.36 bits per heavy atom. The fourth-order valence-electron chi connectivity index (χ4n) is 1.21. The van der Waals surface area contributed by atoms with E-state index in [1.54, 1.807) is 6.07 Å². The molecule has 1 heterocycles. The van der Waals surface area contributed by atoms with Gasteiger partial charge in [-0.15, -0.1) is 5.43 Å². The smallest absolute Gasteiger partial charge is 0.273 e. The SMILES string of the molecule is O=[N+]([O-])c1ccc2c(c1)NN=[N+]([O-])C2. The van der Waals surface area contributed by atoms with Crippen LogP contribution in [0.3, 0.4) is 0 Å². The van der Waals surface area contributed by atoms with Crippen LogP contribution < -0.4 is 5.43 Å². The second kappa shape index (κ2) is 2.95. The molecular formula is C7H6N4O3. The number of hydrogen-bond acceptors (Lipinski definition) is 5. The minimum Gasteiger partial charge on any atom is -0.696 e. The van der Waals surface area contributed by atoms with Crippen molar-refractivity contribution in [1.29, 1.82) is 0 Å². The first-order chi connectivity index (χ1) is 6.66. The molecule has 2 rings (SSSR count). The van der Waals surface area contributed by atoms with Crippen molar-refractivity contribution in [3.05, 3.63) is 39.1 Å². The number of benzene rings is 1. The van der Waals surface area contributed by atoms with E-state index in [-0.39, 0.29) is 12.2 Å². The topological polar surface area (TPSA) is 93.6 Å². The molecule has 1 aromatic carbocycles. The van der Waals surface area contributed by atoms with Crippen LogP contribution >= 0.6 is 0 Å². The number of nitrogens with zero attached hydrogens (tertiary/aromatic N) is 3. The van der Waals surface area contributed by atoms with E-state index in [2.05, 4.69) is 10.6 Å². The Bertz CT molecular complexity index is 429. The van der Waals surface area contributed by atoms with Crippen LogP contribution in [0.25, 0.3) is 0 Å². The molecule has 0 aromatic heterocycles. The van der Waals surface area contributed by atoms with Gasteiger partial charge in [0.2, 0.25) is 0 Å². The lowest BCUT2D eigenvalue weighted by Gasteiger charge is -2.12. The Hall–Kier alpha value is -2.18. The maximum absolute atomic E-state index is 10.8. The number of fused-ring (bicyclic) bond motifs is 1. The number of non-ortho nitro benzene ring substituents is 1. The van der Waals surface area contributed by atoms with Crippen LogP contribution in [0.1, 0.15) is 5.56 Å². The van der Waals surface area contributed by atoms with Gasteiger partial charge >= 0.3 is 0 Å². The monoisotopic (exact) mass is 194 g/mol. The zero-order valence-electron chi connectivity index (χ0n) is 7.01. The van der Waals surface area contributed by atoms with Gasteiger partial charge in [0.05, 0.1) is 16.2 Å². The number of hydroxylamine groups is 1. The quantitative estimate of drug-likeness (QED) is 0.316. The van der Waals surface area contributed by atoms with Crippen LogP contribution in [0.2, 0.25) is 0 Å². The second-order valence-corrected chi connectivity index (χ2v) is 2.82. The summed E-state index contributed by atoms with van der Waals surface area (Å²) in [5.41, 5.74) is 3.62. The van der Waals surface area contributed by atoms with Crippen LogP contribution in [0, 0.1) is 15.3 Å². The van der Waals surface area contributed by atoms with Crippen LogP contribution in [0.4, 0.5) is 11.4 Å². The molecule has 0 aliphatic carbocycles. The molecule has 1 N–H and O–H groups in total. The summed E-state index contributed by atoms with van der Waals surface area (Å²) < 4.78 is 0. The Morgan fingerprint density at radius 3 is 3.07 bits per heavy atom. The minimum absolute atomic E-state index is 0.0224. The first kappa shape index (κ1) is 8.42. The summed E-state index contributed by atoms with van der Waals surface area (Å²) in [7, 11) is 0. The van der Waals surface area contributed by atoms with E-state index < -0.39 is 4.92 Å². The molecule has 0 saturated carbocycles. The highest BCUT2D eigenvalue weighted by Gasteiger charge is 2.17. The van der Waals surface area contributed by atoms with E-state index in [0.29, 0.717) is 16.1 Å². The average Bonchev–Trinajstić information content (AvgIpc) is 2.16. The highest BCUT2D eigenvalue weighted by molar-refractivity contribution is 5.56. The number of hydrogen-bond donors (Lipinski definition) is 1. The normalized spacial score (nSPS) is 13.9. The molecule has 72 valence electrons. The van der Waals surface area contributed by atoms with Gasteiger partial charge in [0, 0.05) is 11.6 Å². The Balaban J connectivity index is 2.40. The molecule has 1 aliphatic rings. The van der Waals surface area contributed by atoms with Gasteiger partial charge in [0.1, 0.15) is 6.54 Å². The molecule has 0 radical (unpaired) electrons. The molecule has 0 fully saturated rings. The van der Waals surface area contributed by atoms with Gasteiger partial charge in [-0.3, -0.25) is 10.1 Å². The summed E-state index contributed by atoms with van der Waals surface area (Å²) in [6.45, 7) is 0.111. The predicted molar refractivity (Wildman–Crippen MR) is 46.5 cm³/mol. The summed E-state index contributed by atoms with van der Waals surface area (Å²) in [6, 6.07) is 4.26. The Labute approximate surface area is 78.4 Å². The maximum atomic E-state index is 10.8. The summed E-state index contributed by atoms with van der Waals surface area (Å²) in [6.07, 6.45) is 0. The van der Waals surface area contributed by atoms with Crippen molar-refractivity contribution < 1.29 is 9.78 Å². The third-order valence-corrected chi connectivity index (χ3v) is 1.89. The lowest BCUT2D eigenvalue weighted by molar-refractivity contribution is -0.546. The van der Waals surface area contributed by atoms with E-state index >= 15 is 0 Å². The van der Waals surface area contributed by atoms with E-state index in [1.165, 1.54) is 12.1 Å². The summed E-state index contributed by atoms with van der Waals surface area (Å²) in [5, 5.41) is 24.6. The predicted octanol–water partition coefficient (Wildman–Crippen LogP) is 1.40. The molecule has 7 nitrogen and oxygen atoms in total. The maximum Gasteiger partial charge on any atom is 0.273 e. The van der Waals surface area contributed by atoms with Crippen molar-refractivity contribution >= 4 is 11.4 Å². The highest BCUT2D eigenvalue weighted by atomic mass is 16.6. The van der Waals surface area contributed by atoms with Gasteiger partial charge in [-0.05, 0) is 6.07 Å². The molecule has 7 heteroatoms. The largest absolute Gasteiger partial charge is 0.696 e. The van der Waals surface area contributed by atoms with E-state index in [0.717, 1.165) is 0 Å². The van der Waals surface area contributed by atoms with Crippen molar-refractivity contribution in [3.63, 3.8) is 0 Å². The lowest BCUT2D eigenvalue weighted by Crippen LogP contribution is -2.12. The number of anilines is 1. The van der Waals surface area contributed by atoms with Crippen LogP contribution in [0.5, 0.6) is 0 Å². The third kappa shape index (κ3) is 1.35. The molecule has 0 atom stereocenters. The molecule has 0 unspecified atom stereocenters. The molecule has 14 heavy (non-hydrogen) atoms. The lowest BCUT2D eigenvalue weighted by atomic mass is 10.1.